The lowest BCUT2D eigenvalue weighted by molar-refractivity contribution is -0.213. The summed E-state index contributed by atoms with van der Waals surface area (Å²) in [6.45, 7) is 0.489. The zero-order valence-electron chi connectivity index (χ0n) is 9.93. The van der Waals surface area contributed by atoms with Gasteiger partial charge in [-0.3, -0.25) is 10.4 Å². The number of hydrogen-bond acceptors (Lipinski definition) is 5. The molecule has 0 aliphatic heterocycles. The predicted molar refractivity (Wildman–Crippen MR) is 56.4 cm³/mol. The monoisotopic (exact) mass is 278 g/mol. The molecule has 1 aromatic rings. The van der Waals surface area contributed by atoms with Gasteiger partial charge in [0.2, 0.25) is 0 Å². The third kappa shape index (κ3) is 3.43. The Morgan fingerprint density at radius 2 is 2.32 bits per heavy atom. The van der Waals surface area contributed by atoms with Crippen LogP contribution in [-0.2, 0) is 16.1 Å². The maximum Gasteiger partial charge on any atom is 0.490 e. The van der Waals surface area contributed by atoms with E-state index in [1.54, 1.807) is 4.68 Å². The van der Waals surface area contributed by atoms with Crippen LogP contribution in [0.2, 0.25) is 0 Å². The van der Waals surface area contributed by atoms with Gasteiger partial charge in [-0.1, -0.05) is 0 Å². The fourth-order valence-corrected chi connectivity index (χ4v) is 2.22. The van der Waals surface area contributed by atoms with Crippen LogP contribution in [0.3, 0.4) is 0 Å². The first-order chi connectivity index (χ1) is 8.78. The van der Waals surface area contributed by atoms with Crippen LogP contribution < -0.4 is 5.73 Å². The first-order valence-electron chi connectivity index (χ1n) is 5.70. The summed E-state index contributed by atoms with van der Waals surface area (Å²) in [6, 6.07) is 0. The van der Waals surface area contributed by atoms with Crippen LogP contribution in [0.4, 0.5) is 13.2 Å². The van der Waals surface area contributed by atoms with Crippen LogP contribution in [0.1, 0.15) is 19.3 Å². The van der Waals surface area contributed by atoms with E-state index in [1.165, 1.54) is 12.7 Å². The van der Waals surface area contributed by atoms with E-state index in [9.17, 15) is 18.0 Å². The Morgan fingerprint density at radius 1 is 1.58 bits per heavy atom. The fourth-order valence-electron chi connectivity index (χ4n) is 2.22. The van der Waals surface area contributed by atoms with E-state index in [1.807, 2.05) is 0 Å². The smallest absolute Gasteiger partial charge is 0.437 e. The normalized spacial score (nSPS) is 27.5. The van der Waals surface area contributed by atoms with Crippen LogP contribution >= 0.6 is 0 Å². The molecule has 106 valence electrons. The van der Waals surface area contributed by atoms with Crippen molar-refractivity contribution in [3.05, 3.63) is 12.7 Å². The number of esters is 1. The summed E-state index contributed by atoms with van der Waals surface area (Å²) in [5.74, 6) is -2.23. The second-order valence-corrected chi connectivity index (χ2v) is 4.68. The molecule has 1 aliphatic carbocycles. The van der Waals surface area contributed by atoms with Crippen molar-refractivity contribution in [2.24, 2.45) is 11.7 Å². The lowest BCUT2D eigenvalue weighted by Crippen LogP contribution is -2.45. The second kappa shape index (κ2) is 4.80. The second-order valence-electron chi connectivity index (χ2n) is 4.68. The van der Waals surface area contributed by atoms with E-state index in [-0.39, 0.29) is 18.8 Å². The number of halogens is 3. The molecule has 1 aromatic heterocycles. The third-order valence-corrected chi connectivity index (χ3v) is 3.05. The standard InChI is InChI=1S/C10H13F3N4O2/c11-10(12,13)8(18)19-9(14)2-1-7(3-9)4-17-6-15-5-16-17/h5-7H,1-4,14H2/t7-,9-/m1/s1. The van der Waals surface area contributed by atoms with Crippen LogP contribution in [0, 0.1) is 5.92 Å². The first kappa shape index (κ1) is 13.8. The van der Waals surface area contributed by atoms with Crippen molar-refractivity contribution in [1.82, 2.24) is 14.8 Å². The van der Waals surface area contributed by atoms with Crippen molar-refractivity contribution in [2.75, 3.05) is 0 Å². The first-order valence-corrected chi connectivity index (χ1v) is 5.70. The Morgan fingerprint density at radius 3 is 2.89 bits per heavy atom. The minimum Gasteiger partial charge on any atom is -0.437 e. The molecule has 0 spiro atoms. The molecule has 6 nitrogen and oxygen atoms in total. The number of carbonyl (C=O) groups is 1. The molecular formula is C10H13F3N4O2. The summed E-state index contributed by atoms with van der Waals surface area (Å²) >= 11 is 0. The number of hydrogen-bond donors (Lipinski definition) is 1. The van der Waals surface area contributed by atoms with E-state index < -0.39 is 17.9 Å². The van der Waals surface area contributed by atoms with Gasteiger partial charge in [0.15, 0.2) is 5.72 Å². The van der Waals surface area contributed by atoms with Gasteiger partial charge < -0.3 is 4.74 Å². The van der Waals surface area contributed by atoms with Crippen molar-refractivity contribution in [1.29, 1.82) is 0 Å². The molecule has 0 amide bonds. The zero-order chi connectivity index (χ0) is 14.1. The Bertz CT molecular complexity index is 448. The molecule has 0 saturated heterocycles. The van der Waals surface area contributed by atoms with E-state index in [0.29, 0.717) is 13.0 Å². The van der Waals surface area contributed by atoms with Gasteiger partial charge in [0.25, 0.3) is 0 Å². The van der Waals surface area contributed by atoms with Crippen molar-refractivity contribution in [2.45, 2.75) is 37.7 Å². The van der Waals surface area contributed by atoms with Gasteiger partial charge in [-0.2, -0.15) is 18.3 Å². The van der Waals surface area contributed by atoms with Gasteiger partial charge in [0, 0.05) is 19.4 Å². The summed E-state index contributed by atoms with van der Waals surface area (Å²) in [5, 5.41) is 3.90. The molecule has 2 atom stereocenters. The number of ether oxygens (including phenoxy) is 1. The molecule has 0 radical (unpaired) electrons. The van der Waals surface area contributed by atoms with Gasteiger partial charge in [0.05, 0.1) is 0 Å². The minimum absolute atomic E-state index is 0.00716. The van der Waals surface area contributed by atoms with Crippen LogP contribution in [0.5, 0.6) is 0 Å². The van der Waals surface area contributed by atoms with Crippen LogP contribution in [0.15, 0.2) is 12.7 Å². The van der Waals surface area contributed by atoms with Crippen molar-refractivity contribution in [3.8, 4) is 0 Å². The van der Waals surface area contributed by atoms with Crippen LogP contribution in [0.25, 0.3) is 0 Å². The Balaban J connectivity index is 1.91. The number of carbonyl (C=O) groups excluding carboxylic acids is 1. The number of rotatable bonds is 3. The summed E-state index contributed by atoms with van der Waals surface area (Å²) in [7, 11) is 0. The zero-order valence-corrected chi connectivity index (χ0v) is 9.93. The number of alkyl halides is 3. The highest BCUT2D eigenvalue weighted by Crippen LogP contribution is 2.36. The maximum atomic E-state index is 12.1. The van der Waals surface area contributed by atoms with Gasteiger partial charge in [0.1, 0.15) is 12.7 Å². The topological polar surface area (TPSA) is 83.0 Å². The molecule has 2 rings (SSSR count). The molecular weight excluding hydrogens is 265 g/mol. The maximum absolute atomic E-state index is 12.1. The fraction of sp³-hybridized carbons (Fsp3) is 0.700. The highest BCUT2D eigenvalue weighted by molar-refractivity contribution is 5.76. The number of aromatic nitrogens is 3. The summed E-state index contributed by atoms with van der Waals surface area (Å²) in [5.41, 5.74) is 4.14. The molecule has 1 fully saturated rings. The molecule has 19 heavy (non-hydrogen) atoms. The van der Waals surface area contributed by atoms with Gasteiger partial charge >= 0.3 is 12.1 Å². The summed E-state index contributed by atoms with van der Waals surface area (Å²) < 4.78 is 42.3. The highest BCUT2D eigenvalue weighted by atomic mass is 19.4. The van der Waals surface area contributed by atoms with Gasteiger partial charge in [-0.15, -0.1) is 0 Å². The van der Waals surface area contributed by atoms with Crippen molar-refractivity contribution in [3.63, 3.8) is 0 Å². The quantitative estimate of drug-likeness (QED) is 0.654. The van der Waals surface area contributed by atoms with Gasteiger partial charge in [-0.05, 0) is 12.3 Å². The Labute approximate surface area is 106 Å². The molecule has 1 aliphatic rings. The van der Waals surface area contributed by atoms with Crippen molar-refractivity contribution >= 4 is 5.97 Å². The molecule has 0 aromatic carbocycles. The van der Waals surface area contributed by atoms with Gasteiger partial charge in [-0.25, -0.2) is 9.78 Å². The average Bonchev–Trinajstić information content (AvgIpc) is 2.88. The minimum atomic E-state index is -5.02. The molecule has 1 saturated carbocycles. The van der Waals surface area contributed by atoms with E-state index >= 15 is 0 Å². The summed E-state index contributed by atoms with van der Waals surface area (Å²) in [4.78, 5) is 14.6. The number of nitrogens with zero attached hydrogens (tertiary/aromatic N) is 3. The molecule has 2 N–H and O–H groups in total. The molecule has 9 heteroatoms. The summed E-state index contributed by atoms with van der Waals surface area (Å²) in [6.07, 6.45) is -1.19. The van der Waals surface area contributed by atoms with E-state index in [2.05, 4.69) is 14.8 Å². The van der Waals surface area contributed by atoms with E-state index in [0.717, 1.165) is 0 Å². The SMILES string of the molecule is N[C@@]1(OC(=O)C(F)(F)F)CC[C@@H](Cn2cncn2)C1. The molecule has 0 unspecified atom stereocenters. The van der Waals surface area contributed by atoms with Crippen LogP contribution in [-0.4, -0.2) is 32.6 Å². The average molecular weight is 278 g/mol. The third-order valence-electron chi connectivity index (χ3n) is 3.05. The highest BCUT2D eigenvalue weighted by Gasteiger charge is 2.47. The van der Waals surface area contributed by atoms with Crippen molar-refractivity contribution < 1.29 is 22.7 Å². The largest absolute Gasteiger partial charge is 0.490 e. The predicted octanol–water partition coefficient (Wildman–Crippen LogP) is 0.839. The Hall–Kier alpha value is -1.64. The lowest BCUT2D eigenvalue weighted by atomic mass is 10.1. The molecule has 1 heterocycles. The molecule has 0 bridgehead atoms. The lowest BCUT2D eigenvalue weighted by Gasteiger charge is -2.25. The number of nitrogens with two attached hydrogens (primary N) is 1. The Kier molecular flexibility index (Phi) is 3.48. The van der Waals surface area contributed by atoms with E-state index in [4.69, 9.17) is 5.73 Å².